The van der Waals surface area contributed by atoms with Crippen LogP contribution in [0, 0.1) is 19.8 Å². The number of nitrogens with zero attached hydrogens (tertiary/aromatic N) is 1. The third kappa shape index (κ3) is 3.79. The van der Waals surface area contributed by atoms with E-state index in [2.05, 4.69) is 15.6 Å². The Kier molecular flexibility index (Phi) is 6.17. The number of ether oxygens (including phenoxy) is 2. The lowest BCUT2D eigenvalue weighted by Crippen LogP contribution is -2.60. The zero-order chi connectivity index (χ0) is 22.1. The second-order valence-corrected chi connectivity index (χ2v) is 8.71. The highest BCUT2D eigenvalue weighted by molar-refractivity contribution is 7.15. The summed E-state index contributed by atoms with van der Waals surface area (Å²) in [4.78, 5) is 31.4. The van der Waals surface area contributed by atoms with E-state index < -0.39 is 29.4 Å². The van der Waals surface area contributed by atoms with E-state index in [1.807, 2.05) is 58.0 Å². The molecule has 0 saturated carbocycles. The summed E-state index contributed by atoms with van der Waals surface area (Å²) in [6, 6.07) is 8.97. The zero-order valence-corrected chi connectivity index (χ0v) is 18.8. The molecule has 0 spiro atoms. The Hall–Kier alpha value is -2.87. The second-order valence-electron chi connectivity index (χ2n) is 7.51. The van der Waals surface area contributed by atoms with Crippen LogP contribution < -0.4 is 10.6 Å². The number of aromatic nitrogens is 1. The van der Waals surface area contributed by atoms with Crippen LogP contribution in [-0.4, -0.2) is 37.2 Å². The Labute approximate surface area is 180 Å². The van der Waals surface area contributed by atoms with E-state index in [1.165, 1.54) is 25.6 Å². The van der Waals surface area contributed by atoms with Gasteiger partial charge in [-0.2, -0.15) is 0 Å². The maximum Gasteiger partial charge on any atom is 0.337 e. The topological polar surface area (TPSA) is 89.5 Å². The van der Waals surface area contributed by atoms with Gasteiger partial charge in [-0.05, 0) is 33.3 Å². The van der Waals surface area contributed by atoms with E-state index in [0.29, 0.717) is 16.4 Å². The number of esters is 2. The third-order valence-corrected chi connectivity index (χ3v) is 6.66. The molecule has 3 atom stereocenters. The second kappa shape index (κ2) is 8.47. The van der Waals surface area contributed by atoms with Crippen molar-refractivity contribution in [3.8, 4) is 0 Å². The lowest BCUT2D eigenvalue weighted by Gasteiger charge is -2.46. The van der Waals surface area contributed by atoms with Gasteiger partial charge < -0.3 is 20.1 Å². The molecule has 1 aromatic carbocycles. The highest BCUT2D eigenvalue weighted by atomic mass is 32.1. The zero-order valence-electron chi connectivity index (χ0n) is 18.0. The first-order valence-corrected chi connectivity index (χ1v) is 10.5. The molecule has 3 rings (SSSR count). The summed E-state index contributed by atoms with van der Waals surface area (Å²) in [5.41, 5.74) is 1.97. The highest BCUT2D eigenvalue weighted by Gasteiger charge is 2.52. The van der Waals surface area contributed by atoms with Gasteiger partial charge in [0.2, 0.25) is 0 Å². The number of benzene rings is 1. The number of hydrogen-bond donors (Lipinski definition) is 2. The minimum absolute atomic E-state index is 0.354. The summed E-state index contributed by atoms with van der Waals surface area (Å²) in [6.45, 7) is 7.66. The average molecular weight is 430 g/mol. The molecule has 2 heterocycles. The molecule has 0 saturated heterocycles. The molecule has 160 valence electrons. The van der Waals surface area contributed by atoms with E-state index in [0.717, 1.165) is 16.1 Å². The predicted octanol–water partition coefficient (Wildman–Crippen LogP) is 3.30. The number of rotatable bonds is 5. The van der Waals surface area contributed by atoms with Gasteiger partial charge in [-0.25, -0.2) is 9.78 Å². The fraction of sp³-hybridized carbons (Fsp3) is 0.409. The highest BCUT2D eigenvalue weighted by Crippen LogP contribution is 2.42. The minimum Gasteiger partial charge on any atom is -0.469 e. The molecule has 7 nitrogen and oxygen atoms in total. The summed E-state index contributed by atoms with van der Waals surface area (Å²) in [5.74, 6) is -1.70. The van der Waals surface area contributed by atoms with Gasteiger partial charge in [-0.15, -0.1) is 11.3 Å². The summed E-state index contributed by atoms with van der Waals surface area (Å²) in [5, 5.41) is 7.36. The van der Waals surface area contributed by atoms with Gasteiger partial charge in [-0.1, -0.05) is 30.3 Å². The Bertz CT molecular complexity index is 966. The van der Waals surface area contributed by atoms with Crippen LogP contribution in [0.15, 0.2) is 41.6 Å². The van der Waals surface area contributed by atoms with Crippen molar-refractivity contribution in [3.63, 3.8) is 0 Å². The van der Waals surface area contributed by atoms with Gasteiger partial charge in [0.25, 0.3) is 0 Å². The predicted molar refractivity (Wildman–Crippen MR) is 116 cm³/mol. The van der Waals surface area contributed by atoms with E-state index in [4.69, 9.17) is 9.47 Å². The molecule has 2 aromatic rings. The van der Waals surface area contributed by atoms with Crippen molar-refractivity contribution in [3.05, 3.63) is 57.7 Å². The molecule has 0 radical (unpaired) electrons. The summed E-state index contributed by atoms with van der Waals surface area (Å²) in [7, 11) is 2.68. The minimum atomic E-state index is -0.824. The number of allylic oxidation sites excluding steroid dienone is 1. The molecule has 1 aliphatic rings. The van der Waals surface area contributed by atoms with Gasteiger partial charge in [0.1, 0.15) is 5.92 Å². The van der Waals surface area contributed by atoms with Crippen LogP contribution in [0.5, 0.6) is 0 Å². The van der Waals surface area contributed by atoms with Gasteiger partial charge in [0.05, 0.1) is 37.1 Å². The van der Waals surface area contributed by atoms with Crippen LogP contribution in [0.3, 0.4) is 0 Å². The Morgan fingerprint density at radius 1 is 1.13 bits per heavy atom. The van der Waals surface area contributed by atoms with E-state index in [1.54, 1.807) is 0 Å². The van der Waals surface area contributed by atoms with Crippen LogP contribution >= 0.6 is 11.3 Å². The first kappa shape index (κ1) is 21.8. The molecule has 0 aliphatic carbocycles. The molecular formula is C22H27N3O4S. The molecule has 8 heteroatoms. The van der Waals surface area contributed by atoms with Gasteiger partial charge in [-0.3, -0.25) is 4.79 Å². The molecule has 3 unspecified atom stereocenters. The molecule has 30 heavy (non-hydrogen) atoms. The Morgan fingerprint density at radius 3 is 2.33 bits per heavy atom. The van der Waals surface area contributed by atoms with Crippen LogP contribution in [0.1, 0.15) is 30.0 Å². The molecule has 2 N–H and O–H groups in total. The number of aryl methyl sites for hydroxylation is 2. The third-order valence-electron chi connectivity index (χ3n) is 5.66. The van der Waals surface area contributed by atoms with Crippen molar-refractivity contribution in [2.24, 2.45) is 5.92 Å². The first-order valence-electron chi connectivity index (χ1n) is 9.64. The number of carbonyl (C=O) groups is 2. The van der Waals surface area contributed by atoms with Crippen LogP contribution in [-0.2, 0) is 24.6 Å². The molecule has 0 fully saturated rings. The number of nitrogens with one attached hydrogen (secondary N) is 2. The number of hydrogen-bond acceptors (Lipinski definition) is 8. The van der Waals surface area contributed by atoms with Crippen molar-refractivity contribution in [2.75, 3.05) is 19.5 Å². The van der Waals surface area contributed by atoms with Gasteiger partial charge in [0, 0.05) is 10.6 Å². The fourth-order valence-corrected chi connectivity index (χ4v) is 4.87. The van der Waals surface area contributed by atoms with Gasteiger partial charge >= 0.3 is 11.9 Å². The van der Waals surface area contributed by atoms with Crippen molar-refractivity contribution in [1.29, 1.82) is 0 Å². The van der Waals surface area contributed by atoms with Gasteiger partial charge in [0.15, 0.2) is 5.13 Å². The normalized spacial score (nSPS) is 23.5. The van der Waals surface area contributed by atoms with E-state index in [-0.39, 0.29) is 0 Å². The largest absolute Gasteiger partial charge is 0.469 e. The molecule has 0 amide bonds. The lowest BCUT2D eigenvalue weighted by molar-refractivity contribution is -0.149. The summed E-state index contributed by atoms with van der Waals surface area (Å²) in [6.07, 6.45) is 0. The monoisotopic (exact) mass is 429 g/mol. The molecule has 1 aliphatic heterocycles. The molecule has 1 aromatic heterocycles. The summed E-state index contributed by atoms with van der Waals surface area (Å²) < 4.78 is 10.2. The summed E-state index contributed by atoms with van der Waals surface area (Å²) >= 11 is 1.48. The smallest absolute Gasteiger partial charge is 0.337 e. The number of anilines is 1. The maximum atomic E-state index is 13.1. The first-order chi connectivity index (χ1) is 14.2. The van der Waals surface area contributed by atoms with E-state index in [9.17, 15) is 9.59 Å². The maximum absolute atomic E-state index is 13.1. The average Bonchev–Trinajstić information content (AvgIpc) is 3.04. The Balaban J connectivity index is 2.20. The van der Waals surface area contributed by atoms with Crippen LogP contribution in [0.4, 0.5) is 5.13 Å². The van der Waals surface area contributed by atoms with Crippen LogP contribution in [0.25, 0.3) is 0 Å². The van der Waals surface area contributed by atoms with Crippen LogP contribution in [0.2, 0.25) is 0 Å². The van der Waals surface area contributed by atoms with Crippen molar-refractivity contribution >= 4 is 28.4 Å². The number of carbonyl (C=O) groups excluding carboxylic acids is 2. The SMILES string of the molecule is COC(=O)C1=C(C)NC(C)(c2ccccc2)C(C(=O)OC)C1Nc1nc(C)c(C)s1. The molecule has 0 bridgehead atoms. The number of methoxy groups -OCH3 is 2. The van der Waals surface area contributed by atoms with Crippen molar-refractivity contribution < 1.29 is 19.1 Å². The lowest BCUT2D eigenvalue weighted by atomic mass is 9.70. The number of thiazole rings is 1. The standard InChI is InChI=1S/C22H27N3O4S/c1-12-14(3)30-21(23-12)24-18-16(19(26)28-5)13(2)25-22(4,17(18)20(27)29-6)15-10-8-7-9-11-15/h7-11,17-18,25H,1-6H3,(H,23,24). The van der Waals surface area contributed by atoms with Crippen molar-refractivity contribution in [2.45, 2.75) is 39.3 Å². The molecular weight excluding hydrogens is 402 g/mol. The van der Waals surface area contributed by atoms with Crippen molar-refractivity contribution in [1.82, 2.24) is 10.3 Å². The quantitative estimate of drug-likeness (QED) is 0.705. The van der Waals surface area contributed by atoms with E-state index >= 15 is 0 Å². The Morgan fingerprint density at radius 2 is 1.80 bits per heavy atom. The fourth-order valence-electron chi connectivity index (χ4n) is 4.02.